The first-order valence-electron chi connectivity index (χ1n) is 10.8. The Labute approximate surface area is 180 Å². The third-order valence-corrected chi connectivity index (χ3v) is 5.66. The van der Waals surface area contributed by atoms with E-state index in [1.165, 1.54) is 12.1 Å². The number of imidazole rings is 1. The summed E-state index contributed by atoms with van der Waals surface area (Å²) in [5.74, 6) is -2.02. The molecule has 2 atom stereocenters. The molecule has 4 rings (SSSR count). The summed E-state index contributed by atoms with van der Waals surface area (Å²) in [7, 11) is 0. The number of para-hydroxylation sites is 2. The molecule has 0 spiro atoms. The molecule has 2 aromatic carbocycles. The number of unbranched alkanes of at least 4 members (excludes halogenated alkanes) is 2. The van der Waals surface area contributed by atoms with Crippen LogP contribution in [0.4, 0.5) is 10.3 Å². The van der Waals surface area contributed by atoms with E-state index in [0.717, 1.165) is 30.3 Å². The highest BCUT2D eigenvalue weighted by molar-refractivity contribution is 6.08. The maximum atomic E-state index is 14.2. The zero-order valence-corrected chi connectivity index (χ0v) is 17.8. The smallest absolute Gasteiger partial charge is 0.321 e. The molecule has 0 radical (unpaired) electrons. The van der Waals surface area contributed by atoms with Crippen molar-refractivity contribution in [3.8, 4) is 0 Å². The summed E-state index contributed by atoms with van der Waals surface area (Å²) in [5, 5.41) is 0. The molecule has 162 valence electrons. The average molecular weight is 423 g/mol. The Morgan fingerprint density at radius 1 is 1.13 bits per heavy atom. The monoisotopic (exact) mass is 423 g/mol. The van der Waals surface area contributed by atoms with Gasteiger partial charge in [0, 0.05) is 6.54 Å². The number of ether oxygens (including phenoxy) is 1. The fraction of sp³-hybridized carbons (Fsp3) is 0.375. The van der Waals surface area contributed by atoms with Gasteiger partial charge in [0.05, 0.1) is 23.7 Å². The molecule has 0 fully saturated rings. The predicted molar refractivity (Wildman–Crippen MR) is 116 cm³/mol. The van der Waals surface area contributed by atoms with Crippen molar-refractivity contribution in [3.05, 3.63) is 59.9 Å². The molecule has 0 bridgehead atoms. The van der Waals surface area contributed by atoms with Crippen LogP contribution in [0.3, 0.4) is 0 Å². The van der Waals surface area contributed by atoms with E-state index in [9.17, 15) is 14.0 Å². The Balaban J connectivity index is 1.94. The quantitative estimate of drug-likeness (QED) is 0.319. The molecule has 1 aliphatic heterocycles. The van der Waals surface area contributed by atoms with Crippen LogP contribution in [0.25, 0.3) is 11.0 Å². The predicted octanol–water partition coefficient (Wildman–Crippen LogP) is 4.48. The van der Waals surface area contributed by atoms with Crippen molar-refractivity contribution in [2.75, 3.05) is 18.1 Å². The molecule has 0 N–H and O–H groups in total. The average Bonchev–Trinajstić information content (AvgIpc) is 3.14. The number of carbonyl (C=O) groups is 2. The van der Waals surface area contributed by atoms with Gasteiger partial charge in [-0.2, -0.15) is 0 Å². The molecule has 6 nitrogen and oxygen atoms in total. The number of benzene rings is 2. The highest BCUT2D eigenvalue weighted by Crippen LogP contribution is 2.41. The van der Waals surface area contributed by atoms with Crippen molar-refractivity contribution in [1.82, 2.24) is 9.55 Å². The first-order chi connectivity index (χ1) is 15.1. The second kappa shape index (κ2) is 8.88. The number of amides is 1. The molecule has 0 unspecified atom stereocenters. The first kappa shape index (κ1) is 21.0. The number of aromatic nitrogens is 2. The van der Waals surface area contributed by atoms with Gasteiger partial charge >= 0.3 is 5.97 Å². The Morgan fingerprint density at radius 3 is 2.68 bits per heavy atom. The van der Waals surface area contributed by atoms with E-state index in [-0.39, 0.29) is 12.5 Å². The van der Waals surface area contributed by atoms with Gasteiger partial charge in [-0.1, -0.05) is 44.0 Å². The molecular formula is C24H26FN3O3. The topological polar surface area (TPSA) is 64.4 Å². The molecule has 2 heterocycles. The third kappa shape index (κ3) is 3.80. The lowest BCUT2D eigenvalue weighted by atomic mass is 9.89. The van der Waals surface area contributed by atoms with Crippen LogP contribution in [0.15, 0.2) is 48.5 Å². The van der Waals surface area contributed by atoms with E-state index in [1.807, 2.05) is 28.8 Å². The number of carbonyl (C=O) groups excluding carboxylic acids is 2. The SMILES string of the molecule is CCCCCN1C(=O)[C@H](C(=O)OCC)[C@H](c2cccc(F)c2)n2c1nc1ccccc12. The number of nitrogens with zero attached hydrogens (tertiary/aromatic N) is 3. The summed E-state index contributed by atoms with van der Waals surface area (Å²) < 4.78 is 21.3. The van der Waals surface area contributed by atoms with Gasteiger partial charge in [-0.25, -0.2) is 9.37 Å². The molecule has 0 aliphatic carbocycles. The van der Waals surface area contributed by atoms with E-state index in [0.29, 0.717) is 18.1 Å². The number of rotatable bonds is 7. The number of halogens is 1. The second-order valence-corrected chi connectivity index (χ2v) is 7.70. The number of hydrogen-bond donors (Lipinski definition) is 0. The van der Waals surface area contributed by atoms with Crippen LogP contribution in [0.5, 0.6) is 0 Å². The normalized spacial score (nSPS) is 18.3. The van der Waals surface area contributed by atoms with Gasteiger partial charge in [-0.15, -0.1) is 0 Å². The van der Waals surface area contributed by atoms with E-state index >= 15 is 0 Å². The molecule has 3 aromatic rings. The van der Waals surface area contributed by atoms with Crippen molar-refractivity contribution in [3.63, 3.8) is 0 Å². The van der Waals surface area contributed by atoms with Crippen LogP contribution in [0, 0.1) is 11.7 Å². The summed E-state index contributed by atoms with van der Waals surface area (Å²) in [6.45, 7) is 4.42. The lowest BCUT2D eigenvalue weighted by Gasteiger charge is -2.38. The van der Waals surface area contributed by atoms with Crippen LogP contribution in [-0.4, -0.2) is 34.6 Å². The van der Waals surface area contributed by atoms with Gasteiger partial charge in [0.2, 0.25) is 11.9 Å². The van der Waals surface area contributed by atoms with Crippen molar-refractivity contribution in [1.29, 1.82) is 0 Å². The summed E-state index contributed by atoms with van der Waals surface area (Å²) in [6, 6.07) is 12.8. The Morgan fingerprint density at radius 2 is 1.94 bits per heavy atom. The lowest BCUT2D eigenvalue weighted by Crippen LogP contribution is -2.50. The van der Waals surface area contributed by atoms with Crippen LogP contribution in [-0.2, 0) is 14.3 Å². The Kier molecular flexibility index (Phi) is 6.02. The fourth-order valence-corrected chi connectivity index (χ4v) is 4.27. The number of hydrogen-bond acceptors (Lipinski definition) is 4. The van der Waals surface area contributed by atoms with Gasteiger partial charge in [0.25, 0.3) is 0 Å². The van der Waals surface area contributed by atoms with Gasteiger partial charge in [0.15, 0.2) is 5.92 Å². The summed E-state index contributed by atoms with van der Waals surface area (Å²) in [4.78, 5) is 33.0. The summed E-state index contributed by atoms with van der Waals surface area (Å²) in [5.41, 5.74) is 2.04. The number of anilines is 1. The molecular weight excluding hydrogens is 397 g/mol. The standard InChI is InChI=1S/C24H26FN3O3/c1-3-5-8-14-27-22(29)20(23(30)31-4-2)21(16-10-9-11-17(25)15-16)28-19-13-7-6-12-18(19)26-24(27)28/h6-7,9-13,15,20-21H,3-5,8,14H2,1-2H3/t20-,21+/m1/s1. The lowest BCUT2D eigenvalue weighted by molar-refractivity contribution is -0.153. The van der Waals surface area contributed by atoms with Gasteiger partial charge in [-0.05, 0) is 43.2 Å². The van der Waals surface area contributed by atoms with E-state index in [2.05, 4.69) is 6.92 Å². The minimum absolute atomic E-state index is 0.159. The molecule has 0 saturated carbocycles. The molecule has 1 aliphatic rings. The maximum absolute atomic E-state index is 14.2. The van der Waals surface area contributed by atoms with Crippen LogP contribution < -0.4 is 4.90 Å². The maximum Gasteiger partial charge on any atom is 0.321 e. The van der Waals surface area contributed by atoms with E-state index in [1.54, 1.807) is 24.0 Å². The molecule has 31 heavy (non-hydrogen) atoms. The minimum Gasteiger partial charge on any atom is -0.465 e. The highest BCUT2D eigenvalue weighted by Gasteiger charge is 2.47. The number of esters is 1. The molecule has 1 aromatic heterocycles. The zero-order chi connectivity index (χ0) is 22.0. The van der Waals surface area contributed by atoms with Crippen molar-refractivity contribution in [2.45, 2.75) is 39.2 Å². The van der Waals surface area contributed by atoms with Crippen molar-refractivity contribution in [2.24, 2.45) is 5.92 Å². The van der Waals surface area contributed by atoms with Crippen LogP contribution in [0.2, 0.25) is 0 Å². The molecule has 1 amide bonds. The Hall–Kier alpha value is -3.22. The van der Waals surface area contributed by atoms with Gasteiger partial charge in [0.1, 0.15) is 5.82 Å². The van der Waals surface area contributed by atoms with E-state index < -0.39 is 23.7 Å². The van der Waals surface area contributed by atoms with Crippen LogP contribution >= 0.6 is 0 Å². The molecule has 7 heteroatoms. The van der Waals surface area contributed by atoms with Gasteiger partial charge in [-0.3, -0.25) is 14.5 Å². The van der Waals surface area contributed by atoms with Crippen molar-refractivity contribution >= 4 is 28.9 Å². The molecule has 0 saturated heterocycles. The highest BCUT2D eigenvalue weighted by atomic mass is 19.1. The number of fused-ring (bicyclic) bond motifs is 3. The minimum atomic E-state index is -1.12. The summed E-state index contributed by atoms with van der Waals surface area (Å²) in [6.07, 6.45) is 2.76. The second-order valence-electron chi connectivity index (χ2n) is 7.70. The van der Waals surface area contributed by atoms with Crippen molar-refractivity contribution < 1.29 is 18.7 Å². The van der Waals surface area contributed by atoms with Gasteiger partial charge < -0.3 is 9.30 Å². The third-order valence-electron chi connectivity index (χ3n) is 5.66. The largest absolute Gasteiger partial charge is 0.465 e. The van der Waals surface area contributed by atoms with Crippen LogP contribution in [0.1, 0.15) is 44.7 Å². The van der Waals surface area contributed by atoms with E-state index in [4.69, 9.17) is 9.72 Å². The first-order valence-corrected chi connectivity index (χ1v) is 10.8. The zero-order valence-electron chi connectivity index (χ0n) is 17.8. The summed E-state index contributed by atoms with van der Waals surface area (Å²) >= 11 is 0. The fourth-order valence-electron chi connectivity index (χ4n) is 4.27. The Bertz CT molecular complexity index is 1110.